The van der Waals surface area contributed by atoms with Crippen molar-refractivity contribution < 1.29 is 14.3 Å². The number of allylic oxidation sites excluding steroid dienone is 2. The third-order valence-corrected chi connectivity index (χ3v) is 3.27. The highest BCUT2D eigenvalue weighted by atomic mass is 16.5. The third-order valence-electron chi connectivity index (χ3n) is 3.27. The van der Waals surface area contributed by atoms with Crippen LogP contribution in [0.3, 0.4) is 0 Å². The van der Waals surface area contributed by atoms with Gasteiger partial charge in [-0.25, -0.2) is 0 Å². The van der Waals surface area contributed by atoms with Gasteiger partial charge in [-0.15, -0.1) is 0 Å². The summed E-state index contributed by atoms with van der Waals surface area (Å²) in [6.07, 6.45) is 3.45. The maximum absolute atomic E-state index is 10.3. The Hall–Kier alpha value is -1.98. The Morgan fingerprint density at radius 1 is 1.38 bits per heavy atom. The SMILES string of the molecule is N=C(/C=C\C=O)c1cccc(OCCN2CCOCC2)c1. The molecule has 0 bridgehead atoms. The minimum atomic E-state index is 0.292. The van der Waals surface area contributed by atoms with Gasteiger partial charge in [0.2, 0.25) is 0 Å². The Bertz CT molecular complexity index is 508. The lowest BCUT2D eigenvalue weighted by Crippen LogP contribution is -2.38. The number of rotatable bonds is 7. The van der Waals surface area contributed by atoms with E-state index in [-0.39, 0.29) is 0 Å². The normalized spacial score (nSPS) is 16.0. The van der Waals surface area contributed by atoms with Gasteiger partial charge in [-0.05, 0) is 24.3 Å². The maximum Gasteiger partial charge on any atom is 0.142 e. The van der Waals surface area contributed by atoms with E-state index in [0.29, 0.717) is 18.6 Å². The second kappa shape index (κ2) is 8.34. The fraction of sp³-hybridized carbons (Fsp3) is 0.375. The molecule has 0 saturated carbocycles. The minimum absolute atomic E-state index is 0.292. The summed E-state index contributed by atoms with van der Waals surface area (Å²) in [4.78, 5) is 12.6. The van der Waals surface area contributed by atoms with Crippen LogP contribution in [0, 0.1) is 5.41 Å². The molecular weight excluding hydrogens is 268 g/mol. The Morgan fingerprint density at radius 2 is 2.19 bits per heavy atom. The molecule has 5 heteroatoms. The van der Waals surface area contributed by atoms with Crippen molar-refractivity contribution in [1.29, 1.82) is 5.41 Å². The third kappa shape index (κ3) is 5.13. The van der Waals surface area contributed by atoms with Crippen LogP contribution in [0.2, 0.25) is 0 Å². The van der Waals surface area contributed by atoms with Gasteiger partial charge >= 0.3 is 0 Å². The minimum Gasteiger partial charge on any atom is -0.492 e. The Balaban J connectivity index is 1.84. The lowest BCUT2D eigenvalue weighted by molar-refractivity contribution is -0.104. The smallest absolute Gasteiger partial charge is 0.142 e. The van der Waals surface area contributed by atoms with Crippen LogP contribution in [0.25, 0.3) is 0 Å². The molecule has 0 aliphatic carbocycles. The van der Waals surface area contributed by atoms with Gasteiger partial charge in [-0.3, -0.25) is 9.69 Å². The zero-order valence-electron chi connectivity index (χ0n) is 12.0. The summed E-state index contributed by atoms with van der Waals surface area (Å²) >= 11 is 0. The molecule has 1 aliphatic rings. The predicted molar refractivity (Wildman–Crippen MR) is 81.2 cm³/mol. The zero-order chi connectivity index (χ0) is 14.9. The Labute approximate surface area is 124 Å². The van der Waals surface area contributed by atoms with Crippen molar-refractivity contribution in [3.63, 3.8) is 0 Å². The van der Waals surface area contributed by atoms with Crippen LogP contribution in [0.5, 0.6) is 5.75 Å². The van der Waals surface area contributed by atoms with E-state index in [1.165, 1.54) is 12.2 Å². The standard InChI is InChI=1S/C16H20N2O3/c17-16(5-2-9-19)14-3-1-4-15(13-14)21-12-8-18-6-10-20-11-7-18/h1-5,9,13,17H,6-8,10-12H2/b5-2-,17-16?. The van der Waals surface area contributed by atoms with Gasteiger partial charge in [0.1, 0.15) is 18.6 Å². The van der Waals surface area contributed by atoms with E-state index in [4.69, 9.17) is 14.9 Å². The number of morpholine rings is 1. The van der Waals surface area contributed by atoms with Crippen LogP contribution < -0.4 is 4.74 Å². The summed E-state index contributed by atoms with van der Waals surface area (Å²) in [5.41, 5.74) is 1.03. The summed E-state index contributed by atoms with van der Waals surface area (Å²) < 4.78 is 11.0. The quantitative estimate of drug-likeness (QED) is 0.469. The van der Waals surface area contributed by atoms with Gasteiger partial charge < -0.3 is 14.9 Å². The average molecular weight is 288 g/mol. The van der Waals surface area contributed by atoms with Gasteiger partial charge in [0, 0.05) is 25.2 Å². The molecule has 2 rings (SSSR count). The van der Waals surface area contributed by atoms with Gasteiger partial charge in [0.15, 0.2) is 0 Å². The van der Waals surface area contributed by atoms with E-state index in [2.05, 4.69) is 4.90 Å². The van der Waals surface area contributed by atoms with Crippen molar-refractivity contribution in [2.45, 2.75) is 0 Å². The van der Waals surface area contributed by atoms with E-state index < -0.39 is 0 Å². The summed E-state index contributed by atoms with van der Waals surface area (Å²) in [5.74, 6) is 0.741. The number of hydrogen-bond acceptors (Lipinski definition) is 5. The Morgan fingerprint density at radius 3 is 2.95 bits per heavy atom. The number of carbonyl (C=O) groups excluding carboxylic acids is 1. The summed E-state index contributed by atoms with van der Waals surface area (Å²) in [6.45, 7) is 4.96. The molecule has 0 aromatic heterocycles. The second-order valence-corrected chi connectivity index (χ2v) is 4.74. The van der Waals surface area contributed by atoms with Crippen LogP contribution >= 0.6 is 0 Å². The molecule has 1 heterocycles. The first-order valence-electron chi connectivity index (χ1n) is 7.03. The number of nitrogens with one attached hydrogen (secondary N) is 1. The largest absolute Gasteiger partial charge is 0.492 e. The molecule has 112 valence electrons. The van der Waals surface area contributed by atoms with Crippen LogP contribution in [-0.4, -0.2) is 56.4 Å². The molecular formula is C16H20N2O3. The van der Waals surface area contributed by atoms with Gasteiger partial charge in [-0.1, -0.05) is 12.1 Å². The van der Waals surface area contributed by atoms with E-state index in [1.54, 1.807) is 0 Å². The fourth-order valence-electron chi connectivity index (χ4n) is 2.10. The lowest BCUT2D eigenvalue weighted by atomic mass is 10.1. The monoisotopic (exact) mass is 288 g/mol. The van der Waals surface area contributed by atoms with Gasteiger partial charge in [-0.2, -0.15) is 0 Å². The van der Waals surface area contributed by atoms with Crippen molar-refractivity contribution in [2.75, 3.05) is 39.5 Å². The fourth-order valence-corrected chi connectivity index (χ4v) is 2.10. The van der Waals surface area contributed by atoms with Crippen LogP contribution in [0.1, 0.15) is 5.56 Å². The van der Waals surface area contributed by atoms with Gasteiger partial charge in [0.05, 0.1) is 18.9 Å². The molecule has 0 spiro atoms. The second-order valence-electron chi connectivity index (χ2n) is 4.74. The number of ether oxygens (including phenoxy) is 2. The lowest BCUT2D eigenvalue weighted by Gasteiger charge is -2.26. The number of benzene rings is 1. The topological polar surface area (TPSA) is 62.6 Å². The maximum atomic E-state index is 10.3. The van der Waals surface area contributed by atoms with E-state index in [1.807, 2.05) is 24.3 Å². The zero-order valence-corrected chi connectivity index (χ0v) is 12.0. The highest BCUT2D eigenvalue weighted by Gasteiger charge is 2.09. The molecule has 1 saturated heterocycles. The van der Waals surface area contributed by atoms with E-state index in [0.717, 1.165) is 44.2 Å². The van der Waals surface area contributed by atoms with E-state index >= 15 is 0 Å². The molecule has 0 radical (unpaired) electrons. The molecule has 1 aliphatic heterocycles. The summed E-state index contributed by atoms with van der Waals surface area (Å²) in [6, 6.07) is 7.37. The van der Waals surface area contributed by atoms with Crippen molar-refractivity contribution in [1.82, 2.24) is 4.90 Å². The van der Waals surface area contributed by atoms with Crippen molar-refractivity contribution >= 4 is 12.0 Å². The van der Waals surface area contributed by atoms with Gasteiger partial charge in [0.25, 0.3) is 0 Å². The molecule has 1 aromatic carbocycles. The Kier molecular flexibility index (Phi) is 6.12. The van der Waals surface area contributed by atoms with Crippen LogP contribution in [-0.2, 0) is 9.53 Å². The molecule has 0 unspecified atom stereocenters. The molecule has 1 aromatic rings. The summed E-state index contributed by atoms with van der Waals surface area (Å²) in [5, 5.41) is 7.84. The van der Waals surface area contributed by atoms with Crippen molar-refractivity contribution in [2.24, 2.45) is 0 Å². The first-order valence-corrected chi connectivity index (χ1v) is 7.03. The van der Waals surface area contributed by atoms with E-state index in [9.17, 15) is 4.79 Å². The van der Waals surface area contributed by atoms with Crippen molar-refractivity contribution in [3.8, 4) is 5.75 Å². The number of hydrogen-bond donors (Lipinski definition) is 1. The first-order chi connectivity index (χ1) is 10.3. The van der Waals surface area contributed by atoms with Crippen LogP contribution in [0.15, 0.2) is 36.4 Å². The average Bonchev–Trinajstić information content (AvgIpc) is 2.54. The van der Waals surface area contributed by atoms with Crippen molar-refractivity contribution in [3.05, 3.63) is 42.0 Å². The molecule has 5 nitrogen and oxygen atoms in total. The van der Waals surface area contributed by atoms with Crippen LogP contribution in [0.4, 0.5) is 0 Å². The molecule has 1 fully saturated rings. The highest BCUT2D eigenvalue weighted by Crippen LogP contribution is 2.14. The summed E-state index contributed by atoms with van der Waals surface area (Å²) in [7, 11) is 0. The number of nitrogens with zero attached hydrogens (tertiary/aromatic N) is 1. The predicted octanol–water partition coefficient (Wildman–Crippen LogP) is 1.52. The molecule has 1 N–H and O–H groups in total. The molecule has 0 amide bonds. The highest BCUT2D eigenvalue weighted by molar-refractivity contribution is 6.07. The number of aldehydes is 1. The molecule has 21 heavy (non-hydrogen) atoms. The molecule has 0 atom stereocenters. The number of carbonyl (C=O) groups is 1. The first kappa shape index (κ1) is 15.4.